The summed E-state index contributed by atoms with van der Waals surface area (Å²) in [6.45, 7) is 1.82. The van der Waals surface area contributed by atoms with Crippen molar-refractivity contribution in [2.75, 3.05) is 0 Å². The van der Waals surface area contributed by atoms with Crippen molar-refractivity contribution in [3.05, 3.63) is 47.5 Å². The summed E-state index contributed by atoms with van der Waals surface area (Å²) in [7, 11) is 0. The van der Waals surface area contributed by atoms with E-state index in [1.807, 2.05) is 43.3 Å². The molecular weight excluding hydrogens is 212 g/mol. The number of benzene rings is 2. The van der Waals surface area contributed by atoms with Crippen LogP contribution in [0.1, 0.15) is 34.1 Å². The molecule has 17 heavy (non-hydrogen) atoms. The lowest BCUT2D eigenvalue weighted by molar-refractivity contribution is 0.0870. The minimum Gasteiger partial charge on any atom is -0.294 e. The van der Waals surface area contributed by atoms with Gasteiger partial charge in [-0.15, -0.1) is 0 Å². The Morgan fingerprint density at radius 1 is 1.00 bits per heavy atom. The van der Waals surface area contributed by atoms with Gasteiger partial charge < -0.3 is 0 Å². The van der Waals surface area contributed by atoms with E-state index < -0.39 is 0 Å². The smallest absolute Gasteiger partial charge is 0.166 e. The molecule has 0 N–H and O–H groups in total. The summed E-state index contributed by atoms with van der Waals surface area (Å²) in [6.07, 6.45) is 0.312. The Labute approximate surface area is 99.3 Å². The molecule has 2 heteroatoms. The summed E-state index contributed by atoms with van der Waals surface area (Å²) < 4.78 is 0. The first-order valence-electron chi connectivity index (χ1n) is 5.77. The van der Waals surface area contributed by atoms with Crippen molar-refractivity contribution in [1.29, 1.82) is 0 Å². The molecule has 0 saturated carbocycles. The molecule has 0 aliphatic heterocycles. The Bertz CT molecular complexity index is 635. The van der Waals surface area contributed by atoms with Crippen LogP contribution in [0, 0.1) is 5.92 Å². The van der Waals surface area contributed by atoms with Crippen molar-refractivity contribution in [3.8, 4) is 0 Å². The van der Waals surface area contributed by atoms with Crippen LogP contribution in [-0.4, -0.2) is 11.6 Å². The highest BCUT2D eigenvalue weighted by Crippen LogP contribution is 2.30. The molecule has 0 amide bonds. The number of hydrogen-bond donors (Lipinski definition) is 0. The second-order valence-corrected chi connectivity index (χ2v) is 4.60. The van der Waals surface area contributed by atoms with E-state index >= 15 is 0 Å². The molecule has 2 aromatic carbocycles. The third-order valence-corrected chi connectivity index (χ3v) is 3.41. The van der Waals surface area contributed by atoms with E-state index in [-0.39, 0.29) is 17.5 Å². The van der Waals surface area contributed by atoms with Crippen molar-refractivity contribution in [3.63, 3.8) is 0 Å². The fraction of sp³-hybridized carbons (Fsp3) is 0.200. The van der Waals surface area contributed by atoms with Crippen LogP contribution < -0.4 is 0 Å². The van der Waals surface area contributed by atoms with Crippen LogP contribution >= 0.6 is 0 Å². The van der Waals surface area contributed by atoms with Gasteiger partial charge in [0.2, 0.25) is 0 Å². The van der Waals surface area contributed by atoms with Gasteiger partial charge in [-0.05, 0) is 5.39 Å². The molecule has 1 aliphatic carbocycles. The van der Waals surface area contributed by atoms with Crippen LogP contribution in [0.2, 0.25) is 0 Å². The lowest BCUT2D eigenvalue weighted by Gasteiger charge is -2.06. The van der Waals surface area contributed by atoms with Crippen LogP contribution in [0.3, 0.4) is 0 Å². The highest BCUT2D eigenvalue weighted by atomic mass is 16.1. The minimum absolute atomic E-state index is 0.0707. The van der Waals surface area contributed by atoms with Gasteiger partial charge in [0.25, 0.3) is 0 Å². The standard InChI is InChI=1S/C15H12O2/c1-9-8-13(16)11-6-2-4-10-5-3-7-12(14(10)11)15(9)17/h2-7,9H,8H2,1H3. The van der Waals surface area contributed by atoms with E-state index in [2.05, 4.69) is 0 Å². The van der Waals surface area contributed by atoms with Crippen LogP contribution in [0.15, 0.2) is 36.4 Å². The number of hydrogen-bond acceptors (Lipinski definition) is 2. The quantitative estimate of drug-likeness (QED) is 0.688. The molecule has 0 radical (unpaired) electrons. The average Bonchev–Trinajstić information content (AvgIpc) is 2.43. The molecule has 3 rings (SSSR count). The number of Topliss-reactive ketones (excluding diaryl/α,β-unsaturated/α-hetero) is 2. The largest absolute Gasteiger partial charge is 0.294 e. The average molecular weight is 224 g/mol. The SMILES string of the molecule is CC1CC(=O)c2cccc3cccc(c23)C1=O. The molecule has 2 aromatic rings. The second-order valence-electron chi connectivity index (χ2n) is 4.60. The number of carbonyl (C=O) groups excluding carboxylic acids is 2. The van der Waals surface area contributed by atoms with E-state index in [4.69, 9.17) is 0 Å². The van der Waals surface area contributed by atoms with Gasteiger partial charge in [0, 0.05) is 28.9 Å². The Kier molecular flexibility index (Phi) is 2.11. The normalized spacial score (nSPS) is 19.5. The predicted molar refractivity (Wildman–Crippen MR) is 66.4 cm³/mol. The number of carbonyl (C=O) groups is 2. The topological polar surface area (TPSA) is 34.1 Å². The third kappa shape index (κ3) is 1.41. The molecular formula is C15H12O2. The summed E-state index contributed by atoms with van der Waals surface area (Å²) >= 11 is 0. The van der Waals surface area contributed by atoms with Gasteiger partial charge in [0.1, 0.15) is 0 Å². The summed E-state index contributed by atoms with van der Waals surface area (Å²) in [4.78, 5) is 24.3. The fourth-order valence-electron chi connectivity index (χ4n) is 2.52. The van der Waals surface area contributed by atoms with Crippen LogP contribution in [0.4, 0.5) is 0 Å². The van der Waals surface area contributed by atoms with E-state index in [0.29, 0.717) is 17.5 Å². The fourth-order valence-corrected chi connectivity index (χ4v) is 2.52. The maximum Gasteiger partial charge on any atom is 0.166 e. The lowest BCUT2D eigenvalue weighted by atomic mass is 9.96. The number of ketones is 2. The Morgan fingerprint density at radius 2 is 1.65 bits per heavy atom. The van der Waals surface area contributed by atoms with Crippen molar-refractivity contribution in [2.24, 2.45) is 5.92 Å². The van der Waals surface area contributed by atoms with Gasteiger partial charge >= 0.3 is 0 Å². The zero-order valence-corrected chi connectivity index (χ0v) is 9.57. The van der Waals surface area contributed by atoms with Gasteiger partial charge in [0.05, 0.1) is 0 Å². The Morgan fingerprint density at radius 3 is 2.35 bits per heavy atom. The maximum atomic E-state index is 12.2. The maximum absolute atomic E-state index is 12.2. The summed E-state index contributed by atoms with van der Waals surface area (Å²) in [5, 5.41) is 1.80. The molecule has 1 unspecified atom stereocenters. The first kappa shape index (κ1) is 10.2. The Balaban J connectivity index is 2.47. The highest BCUT2D eigenvalue weighted by Gasteiger charge is 2.27. The van der Waals surface area contributed by atoms with Crippen LogP contribution in [-0.2, 0) is 0 Å². The van der Waals surface area contributed by atoms with Crippen molar-refractivity contribution in [1.82, 2.24) is 0 Å². The summed E-state index contributed by atoms with van der Waals surface area (Å²) in [5.41, 5.74) is 1.38. The molecule has 0 spiro atoms. The van der Waals surface area contributed by atoms with Crippen LogP contribution in [0.5, 0.6) is 0 Å². The van der Waals surface area contributed by atoms with E-state index in [9.17, 15) is 9.59 Å². The summed E-state index contributed by atoms with van der Waals surface area (Å²) in [6, 6.07) is 11.3. The van der Waals surface area contributed by atoms with E-state index in [1.54, 1.807) is 0 Å². The molecule has 2 nitrogen and oxygen atoms in total. The zero-order valence-electron chi connectivity index (χ0n) is 9.57. The summed E-state index contributed by atoms with van der Waals surface area (Å²) in [5.74, 6) is -0.0733. The molecule has 0 fully saturated rings. The Hall–Kier alpha value is -1.96. The first-order chi connectivity index (χ1) is 8.18. The number of rotatable bonds is 0. The van der Waals surface area contributed by atoms with Gasteiger partial charge in [-0.1, -0.05) is 43.3 Å². The molecule has 0 saturated heterocycles. The van der Waals surface area contributed by atoms with Gasteiger partial charge in [-0.25, -0.2) is 0 Å². The van der Waals surface area contributed by atoms with Crippen molar-refractivity contribution < 1.29 is 9.59 Å². The predicted octanol–water partition coefficient (Wildman–Crippen LogP) is 3.25. The van der Waals surface area contributed by atoms with E-state index in [1.165, 1.54) is 0 Å². The van der Waals surface area contributed by atoms with Crippen molar-refractivity contribution >= 4 is 22.3 Å². The monoisotopic (exact) mass is 224 g/mol. The zero-order chi connectivity index (χ0) is 12.0. The van der Waals surface area contributed by atoms with Crippen LogP contribution in [0.25, 0.3) is 10.8 Å². The minimum atomic E-state index is -0.222. The van der Waals surface area contributed by atoms with Gasteiger partial charge in [-0.2, -0.15) is 0 Å². The highest BCUT2D eigenvalue weighted by molar-refractivity contribution is 6.20. The molecule has 84 valence electrons. The van der Waals surface area contributed by atoms with Crippen molar-refractivity contribution in [2.45, 2.75) is 13.3 Å². The second kappa shape index (κ2) is 3.52. The molecule has 0 heterocycles. The van der Waals surface area contributed by atoms with Gasteiger partial charge in [0.15, 0.2) is 11.6 Å². The first-order valence-corrected chi connectivity index (χ1v) is 5.77. The molecule has 0 bridgehead atoms. The lowest BCUT2D eigenvalue weighted by Crippen LogP contribution is -2.12. The third-order valence-electron chi connectivity index (χ3n) is 3.41. The van der Waals surface area contributed by atoms with E-state index in [0.717, 1.165) is 10.8 Å². The van der Waals surface area contributed by atoms with Gasteiger partial charge in [-0.3, -0.25) is 9.59 Å². The molecule has 1 aliphatic rings. The molecule has 0 aromatic heterocycles. The molecule has 1 atom stereocenters.